The minimum absolute atomic E-state index is 0.173. The van der Waals surface area contributed by atoms with E-state index in [2.05, 4.69) is 45.0 Å². The summed E-state index contributed by atoms with van der Waals surface area (Å²) in [5.74, 6) is 0. The number of hydrogen-bond donors (Lipinski definition) is 1. The number of aryl methyl sites for hydroxylation is 2. The highest BCUT2D eigenvalue weighted by Crippen LogP contribution is 2.28. The summed E-state index contributed by atoms with van der Waals surface area (Å²) >= 11 is 6.39. The van der Waals surface area contributed by atoms with Crippen LogP contribution in [-0.2, 0) is 19.9 Å². The minimum Gasteiger partial charge on any atom is -0.314 e. The highest BCUT2D eigenvalue weighted by atomic mass is 35.5. The molecule has 1 rings (SSSR count). The van der Waals surface area contributed by atoms with E-state index in [4.69, 9.17) is 11.6 Å². The van der Waals surface area contributed by atoms with E-state index in [0.29, 0.717) is 6.04 Å². The molecule has 0 aliphatic heterocycles. The first kappa shape index (κ1) is 15.5. The number of halogens is 1. The fraction of sp³-hybridized carbons (Fsp3) is 0.786. The van der Waals surface area contributed by atoms with Crippen LogP contribution in [-0.4, -0.2) is 22.4 Å². The van der Waals surface area contributed by atoms with E-state index in [1.54, 1.807) is 0 Å². The molecule has 0 amide bonds. The molecule has 0 unspecified atom stereocenters. The van der Waals surface area contributed by atoms with Crippen molar-refractivity contribution in [2.24, 2.45) is 12.5 Å². The van der Waals surface area contributed by atoms with Crippen molar-refractivity contribution in [1.82, 2.24) is 15.1 Å². The van der Waals surface area contributed by atoms with E-state index >= 15 is 0 Å². The van der Waals surface area contributed by atoms with Gasteiger partial charge < -0.3 is 5.32 Å². The topological polar surface area (TPSA) is 29.9 Å². The quantitative estimate of drug-likeness (QED) is 0.861. The second kappa shape index (κ2) is 6.07. The van der Waals surface area contributed by atoms with Crippen molar-refractivity contribution in [2.75, 3.05) is 6.54 Å². The Morgan fingerprint density at radius 2 is 2.00 bits per heavy atom. The van der Waals surface area contributed by atoms with Crippen LogP contribution in [0.4, 0.5) is 0 Å². The standard InChI is InChI=1S/C14H26ClN3/c1-7-11-13(15)12(18(6)17-11)8-14(4,5)9-16-10(2)3/h10,16H,7-9H2,1-6H3. The number of rotatable bonds is 6. The lowest BCUT2D eigenvalue weighted by Gasteiger charge is -2.26. The van der Waals surface area contributed by atoms with E-state index < -0.39 is 0 Å². The Kier molecular flexibility index (Phi) is 5.23. The Morgan fingerprint density at radius 1 is 1.39 bits per heavy atom. The van der Waals surface area contributed by atoms with Crippen LogP contribution in [0.5, 0.6) is 0 Å². The lowest BCUT2D eigenvalue weighted by Crippen LogP contribution is -2.35. The molecule has 0 atom stereocenters. The Hall–Kier alpha value is -0.540. The van der Waals surface area contributed by atoms with E-state index in [1.807, 2.05) is 11.7 Å². The molecular weight excluding hydrogens is 246 g/mol. The summed E-state index contributed by atoms with van der Waals surface area (Å²) < 4.78 is 1.93. The first-order chi connectivity index (χ1) is 8.26. The van der Waals surface area contributed by atoms with Crippen molar-refractivity contribution in [3.05, 3.63) is 16.4 Å². The van der Waals surface area contributed by atoms with E-state index in [1.165, 1.54) is 0 Å². The SMILES string of the molecule is CCc1nn(C)c(CC(C)(C)CNC(C)C)c1Cl. The molecule has 0 saturated heterocycles. The lowest BCUT2D eigenvalue weighted by atomic mass is 9.87. The molecule has 0 radical (unpaired) electrons. The van der Waals surface area contributed by atoms with Gasteiger partial charge in [-0.2, -0.15) is 5.10 Å². The molecule has 0 aliphatic carbocycles. The van der Waals surface area contributed by atoms with E-state index in [0.717, 1.165) is 35.8 Å². The monoisotopic (exact) mass is 271 g/mol. The van der Waals surface area contributed by atoms with Gasteiger partial charge in [-0.1, -0.05) is 46.2 Å². The highest BCUT2D eigenvalue weighted by Gasteiger charge is 2.23. The van der Waals surface area contributed by atoms with Crippen LogP contribution in [0.25, 0.3) is 0 Å². The van der Waals surface area contributed by atoms with Gasteiger partial charge in [-0.15, -0.1) is 0 Å². The average Bonchev–Trinajstić information content (AvgIpc) is 2.54. The van der Waals surface area contributed by atoms with Crippen LogP contribution in [0.1, 0.15) is 46.0 Å². The fourth-order valence-electron chi connectivity index (χ4n) is 2.01. The Morgan fingerprint density at radius 3 is 2.44 bits per heavy atom. The first-order valence-electron chi connectivity index (χ1n) is 6.70. The summed E-state index contributed by atoms with van der Waals surface area (Å²) in [6.07, 6.45) is 1.83. The summed E-state index contributed by atoms with van der Waals surface area (Å²) in [6.45, 7) is 11.9. The largest absolute Gasteiger partial charge is 0.314 e. The van der Waals surface area contributed by atoms with Gasteiger partial charge >= 0.3 is 0 Å². The van der Waals surface area contributed by atoms with Gasteiger partial charge in [0.25, 0.3) is 0 Å². The molecule has 104 valence electrons. The van der Waals surface area contributed by atoms with Crippen LogP contribution in [0.2, 0.25) is 5.02 Å². The van der Waals surface area contributed by atoms with Crippen LogP contribution in [0.3, 0.4) is 0 Å². The number of nitrogens with zero attached hydrogens (tertiary/aromatic N) is 2. The van der Waals surface area contributed by atoms with Crippen molar-refractivity contribution < 1.29 is 0 Å². The fourth-order valence-corrected chi connectivity index (χ4v) is 2.37. The Labute approximate surface area is 116 Å². The third-order valence-corrected chi connectivity index (χ3v) is 3.57. The molecule has 18 heavy (non-hydrogen) atoms. The summed E-state index contributed by atoms with van der Waals surface area (Å²) in [4.78, 5) is 0. The maximum absolute atomic E-state index is 6.39. The van der Waals surface area contributed by atoms with Crippen molar-refractivity contribution in [3.8, 4) is 0 Å². The van der Waals surface area contributed by atoms with Crippen molar-refractivity contribution in [1.29, 1.82) is 0 Å². The minimum atomic E-state index is 0.173. The van der Waals surface area contributed by atoms with Gasteiger partial charge in [0.15, 0.2) is 0 Å². The number of aromatic nitrogens is 2. The molecule has 0 saturated carbocycles. The molecule has 1 aromatic rings. The molecule has 3 nitrogen and oxygen atoms in total. The molecule has 4 heteroatoms. The predicted octanol–water partition coefficient (Wildman–Crippen LogP) is 3.20. The van der Waals surface area contributed by atoms with Gasteiger partial charge in [-0.25, -0.2) is 0 Å². The van der Waals surface area contributed by atoms with E-state index in [9.17, 15) is 0 Å². The van der Waals surface area contributed by atoms with Crippen molar-refractivity contribution in [3.63, 3.8) is 0 Å². The smallest absolute Gasteiger partial charge is 0.0849 e. The predicted molar refractivity (Wildman–Crippen MR) is 78.2 cm³/mol. The van der Waals surface area contributed by atoms with Gasteiger partial charge in [0.05, 0.1) is 16.4 Å². The number of nitrogens with one attached hydrogen (secondary N) is 1. The summed E-state index contributed by atoms with van der Waals surface area (Å²) in [6, 6.07) is 0.512. The molecule has 0 aromatic carbocycles. The molecule has 0 fully saturated rings. The molecule has 1 heterocycles. The van der Waals surface area contributed by atoms with Crippen molar-refractivity contribution in [2.45, 2.75) is 53.5 Å². The molecule has 0 bridgehead atoms. The first-order valence-corrected chi connectivity index (χ1v) is 7.08. The number of hydrogen-bond acceptors (Lipinski definition) is 2. The van der Waals surface area contributed by atoms with Crippen molar-refractivity contribution >= 4 is 11.6 Å². The summed E-state index contributed by atoms with van der Waals surface area (Å²) in [5, 5.41) is 8.81. The van der Waals surface area contributed by atoms with Gasteiger partial charge in [0.1, 0.15) is 0 Å². The van der Waals surface area contributed by atoms with Gasteiger partial charge in [0.2, 0.25) is 0 Å². The molecule has 1 aromatic heterocycles. The van der Waals surface area contributed by atoms with E-state index in [-0.39, 0.29) is 5.41 Å². The van der Waals surface area contributed by atoms with Gasteiger partial charge in [-0.05, 0) is 18.3 Å². The molecule has 1 N–H and O–H groups in total. The summed E-state index contributed by atoms with van der Waals surface area (Å²) in [7, 11) is 1.98. The normalized spacial score (nSPS) is 12.4. The van der Waals surface area contributed by atoms with Crippen LogP contribution in [0, 0.1) is 5.41 Å². The molecular formula is C14H26ClN3. The third kappa shape index (κ3) is 3.99. The lowest BCUT2D eigenvalue weighted by molar-refractivity contribution is 0.318. The van der Waals surface area contributed by atoms with Crippen LogP contribution >= 0.6 is 11.6 Å². The molecule has 0 spiro atoms. The second-order valence-electron chi connectivity index (χ2n) is 6.06. The maximum Gasteiger partial charge on any atom is 0.0849 e. The zero-order valence-electron chi connectivity index (χ0n) is 12.5. The zero-order valence-corrected chi connectivity index (χ0v) is 13.2. The summed E-state index contributed by atoms with van der Waals surface area (Å²) in [5.41, 5.74) is 2.32. The Bertz CT molecular complexity index is 394. The van der Waals surface area contributed by atoms with Gasteiger partial charge in [0, 0.05) is 19.6 Å². The second-order valence-corrected chi connectivity index (χ2v) is 6.44. The Balaban J connectivity index is 2.80. The van der Waals surface area contributed by atoms with Gasteiger partial charge in [-0.3, -0.25) is 4.68 Å². The van der Waals surface area contributed by atoms with Crippen LogP contribution < -0.4 is 5.32 Å². The average molecular weight is 272 g/mol. The highest BCUT2D eigenvalue weighted by molar-refractivity contribution is 6.31. The molecule has 0 aliphatic rings. The zero-order chi connectivity index (χ0) is 13.9. The van der Waals surface area contributed by atoms with Crippen LogP contribution in [0.15, 0.2) is 0 Å². The maximum atomic E-state index is 6.39. The third-order valence-electron chi connectivity index (χ3n) is 3.14.